The van der Waals surface area contributed by atoms with Gasteiger partial charge in [0, 0.05) is 12.2 Å². The van der Waals surface area contributed by atoms with Crippen molar-refractivity contribution >= 4 is 41.7 Å². The number of carbonyl (C=O) groups is 2. The molecule has 1 aliphatic heterocycles. The van der Waals surface area contributed by atoms with Gasteiger partial charge in [-0.15, -0.1) is 24.2 Å². The Morgan fingerprint density at radius 1 is 1.35 bits per heavy atom. The number of hydrogen-bond donors (Lipinski definition) is 2. The van der Waals surface area contributed by atoms with E-state index in [0.29, 0.717) is 11.6 Å². The molecule has 0 spiro atoms. The first kappa shape index (κ1) is 19.6. The molecular weight excluding hydrogens is 355 g/mol. The molecule has 23 heavy (non-hydrogen) atoms. The molecule has 0 bridgehead atoms. The molecule has 5 nitrogen and oxygen atoms in total. The molecule has 2 rings (SSSR count). The summed E-state index contributed by atoms with van der Waals surface area (Å²) in [6.07, 6.45) is -4.52. The smallest absolute Gasteiger partial charge is 0.326 e. The highest BCUT2D eigenvalue weighted by molar-refractivity contribution is 8.00. The molecule has 1 fully saturated rings. The van der Waals surface area contributed by atoms with Crippen LogP contribution < -0.4 is 11.1 Å². The van der Waals surface area contributed by atoms with Crippen LogP contribution in [0.4, 0.5) is 18.9 Å². The number of alkyl halides is 3. The standard InChI is InChI=1S/C13H14F3N3O2S.ClH/c14-13(15,16)9-1-8(4-17)2-10(3-9)18-11(20)5-19-7-22-6-12(19)21;/h1-3H,4-7,17H2,(H,18,20);1H. The number of halogens is 4. The lowest BCUT2D eigenvalue weighted by molar-refractivity contribution is -0.137. The van der Waals surface area contributed by atoms with E-state index in [1.165, 1.54) is 22.7 Å². The van der Waals surface area contributed by atoms with Gasteiger partial charge in [-0.3, -0.25) is 9.59 Å². The number of carbonyl (C=O) groups excluding carboxylic acids is 2. The first-order valence-electron chi connectivity index (χ1n) is 6.36. The zero-order chi connectivity index (χ0) is 16.3. The summed E-state index contributed by atoms with van der Waals surface area (Å²) in [5.41, 5.74) is 4.78. The number of nitrogens with zero attached hydrogens (tertiary/aromatic N) is 1. The monoisotopic (exact) mass is 369 g/mol. The number of rotatable bonds is 4. The molecule has 2 amide bonds. The molecule has 0 saturated carbocycles. The molecule has 0 atom stereocenters. The van der Waals surface area contributed by atoms with Crippen LogP contribution in [0.3, 0.4) is 0 Å². The first-order chi connectivity index (χ1) is 10.3. The molecule has 0 aromatic heterocycles. The van der Waals surface area contributed by atoms with Gasteiger partial charge in [0.25, 0.3) is 0 Å². The maximum atomic E-state index is 12.8. The number of nitrogens with two attached hydrogens (primary N) is 1. The first-order valence-corrected chi connectivity index (χ1v) is 7.51. The average molecular weight is 370 g/mol. The van der Waals surface area contributed by atoms with Crippen LogP contribution in [0, 0.1) is 0 Å². The minimum absolute atomic E-state index is 0. The molecule has 0 aliphatic carbocycles. The molecule has 1 saturated heterocycles. The van der Waals surface area contributed by atoms with Crippen molar-refractivity contribution in [1.29, 1.82) is 0 Å². The highest BCUT2D eigenvalue weighted by atomic mass is 35.5. The normalized spacial score (nSPS) is 14.6. The summed E-state index contributed by atoms with van der Waals surface area (Å²) in [4.78, 5) is 24.6. The zero-order valence-corrected chi connectivity index (χ0v) is 13.5. The van der Waals surface area contributed by atoms with Crippen LogP contribution >= 0.6 is 24.2 Å². The summed E-state index contributed by atoms with van der Waals surface area (Å²) in [6.45, 7) is -0.256. The van der Waals surface area contributed by atoms with E-state index < -0.39 is 17.6 Å². The van der Waals surface area contributed by atoms with Gasteiger partial charge in [-0.05, 0) is 23.8 Å². The Morgan fingerprint density at radius 2 is 2.04 bits per heavy atom. The Balaban J connectivity index is 0.00000264. The van der Waals surface area contributed by atoms with Crippen molar-refractivity contribution in [3.63, 3.8) is 0 Å². The minimum atomic E-state index is -4.52. The number of anilines is 1. The molecule has 3 N–H and O–H groups in total. The van der Waals surface area contributed by atoms with Gasteiger partial charge in [0.05, 0.1) is 17.2 Å². The summed E-state index contributed by atoms with van der Waals surface area (Å²) in [6, 6.07) is 3.17. The van der Waals surface area contributed by atoms with Gasteiger partial charge in [-0.25, -0.2) is 0 Å². The Labute approximate surface area is 141 Å². The van der Waals surface area contributed by atoms with Crippen molar-refractivity contribution in [2.75, 3.05) is 23.5 Å². The molecule has 1 heterocycles. The lowest BCUT2D eigenvalue weighted by Gasteiger charge is -2.16. The fourth-order valence-corrected chi connectivity index (χ4v) is 2.86. The van der Waals surface area contributed by atoms with E-state index in [4.69, 9.17) is 5.73 Å². The predicted molar refractivity (Wildman–Crippen MR) is 84.3 cm³/mol. The van der Waals surface area contributed by atoms with Crippen LogP contribution in [-0.4, -0.2) is 34.9 Å². The van der Waals surface area contributed by atoms with Gasteiger partial charge in [0.15, 0.2) is 0 Å². The second-order valence-electron chi connectivity index (χ2n) is 4.74. The summed E-state index contributed by atoms with van der Waals surface area (Å²) in [5, 5.41) is 2.38. The van der Waals surface area contributed by atoms with Gasteiger partial charge >= 0.3 is 6.18 Å². The number of thioether (sulfide) groups is 1. The van der Waals surface area contributed by atoms with Crippen LogP contribution in [0.1, 0.15) is 11.1 Å². The van der Waals surface area contributed by atoms with Crippen LogP contribution in [0.15, 0.2) is 18.2 Å². The van der Waals surface area contributed by atoms with Crippen molar-refractivity contribution in [3.8, 4) is 0 Å². The molecule has 1 aromatic carbocycles. The zero-order valence-electron chi connectivity index (χ0n) is 11.9. The van der Waals surface area contributed by atoms with E-state index in [1.807, 2.05) is 0 Å². The van der Waals surface area contributed by atoms with Gasteiger partial charge in [-0.1, -0.05) is 0 Å². The van der Waals surface area contributed by atoms with Gasteiger partial charge in [0.1, 0.15) is 6.54 Å². The Kier molecular flexibility index (Phi) is 6.72. The number of nitrogens with one attached hydrogen (secondary N) is 1. The fraction of sp³-hybridized carbons (Fsp3) is 0.385. The highest BCUT2D eigenvalue weighted by Crippen LogP contribution is 2.32. The summed E-state index contributed by atoms with van der Waals surface area (Å²) < 4.78 is 38.4. The number of hydrogen-bond acceptors (Lipinski definition) is 4. The SMILES string of the molecule is Cl.NCc1cc(NC(=O)CN2CSCC2=O)cc(C(F)(F)F)c1. The van der Waals surface area contributed by atoms with Crippen molar-refractivity contribution in [3.05, 3.63) is 29.3 Å². The fourth-order valence-electron chi connectivity index (χ4n) is 1.96. The third kappa shape index (κ3) is 5.29. The summed E-state index contributed by atoms with van der Waals surface area (Å²) >= 11 is 1.38. The lowest BCUT2D eigenvalue weighted by atomic mass is 10.1. The second-order valence-corrected chi connectivity index (χ2v) is 5.69. The van der Waals surface area contributed by atoms with Crippen molar-refractivity contribution in [1.82, 2.24) is 4.90 Å². The Morgan fingerprint density at radius 3 is 2.57 bits per heavy atom. The third-order valence-corrected chi connectivity index (χ3v) is 3.94. The van der Waals surface area contributed by atoms with Crippen LogP contribution in [0.2, 0.25) is 0 Å². The lowest BCUT2D eigenvalue weighted by Crippen LogP contribution is -2.34. The van der Waals surface area contributed by atoms with Crippen LogP contribution in [0.25, 0.3) is 0 Å². The Hall–Kier alpha value is -1.45. The molecule has 1 aliphatic rings. The number of amides is 2. The Bertz CT molecular complexity index is 598. The predicted octanol–water partition coefficient (Wildman–Crippen LogP) is 2.06. The van der Waals surface area contributed by atoms with E-state index in [1.54, 1.807) is 0 Å². The molecule has 0 unspecified atom stereocenters. The van der Waals surface area contributed by atoms with E-state index in [0.717, 1.165) is 12.1 Å². The highest BCUT2D eigenvalue weighted by Gasteiger charge is 2.31. The largest absolute Gasteiger partial charge is 0.416 e. The van der Waals surface area contributed by atoms with E-state index >= 15 is 0 Å². The topological polar surface area (TPSA) is 75.4 Å². The van der Waals surface area contributed by atoms with E-state index in [-0.39, 0.29) is 42.7 Å². The maximum Gasteiger partial charge on any atom is 0.416 e. The van der Waals surface area contributed by atoms with Gasteiger partial charge in [0.2, 0.25) is 11.8 Å². The second kappa shape index (κ2) is 7.89. The van der Waals surface area contributed by atoms with Crippen LogP contribution in [0.5, 0.6) is 0 Å². The quantitative estimate of drug-likeness (QED) is 0.851. The maximum absolute atomic E-state index is 12.8. The van der Waals surface area contributed by atoms with Crippen molar-refractivity contribution in [2.24, 2.45) is 5.73 Å². The van der Waals surface area contributed by atoms with E-state index in [9.17, 15) is 22.8 Å². The van der Waals surface area contributed by atoms with Crippen molar-refractivity contribution in [2.45, 2.75) is 12.7 Å². The molecule has 1 aromatic rings. The molecule has 0 radical (unpaired) electrons. The molecule has 128 valence electrons. The minimum Gasteiger partial charge on any atom is -0.326 e. The van der Waals surface area contributed by atoms with Gasteiger partial charge < -0.3 is 16.0 Å². The summed E-state index contributed by atoms with van der Waals surface area (Å²) in [5.74, 6) is 0.0156. The summed E-state index contributed by atoms with van der Waals surface area (Å²) in [7, 11) is 0. The third-order valence-electron chi connectivity index (χ3n) is 3.00. The number of benzene rings is 1. The molecular formula is C13H15ClF3N3O2S. The van der Waals surface area contributed by atoms with Gasteiger partial charge in [-0.2, -0.15) is 13.2 Å². The van der Waals surface area contributed by atoms with Crippen LogP contribution in [-0.2, 0) is 22.3 Å². The average Bonchev–Trinajstić information content (AvgIpc) is 2.82. The van der Waals surface area contributed by atoms with Crippen molar-refractivity contribution < 1.29 is 22.8 Å². The molecule has 10 heteroatoms. The van der Waals surface area contributed by atoms with E-state index in [2.05, 4.69) is 5.32 Å².